The maximum atomic E-state index is 11.4. The van der Waals surface area contributed by atoms with E-state index in [-0.39, 0.29) is 18.4 Å². The quantitative estimate of drug-likeness (QED) is 0.791. The fourth-order valence-electron chi connectivity index (χ4n) is 1.73. The third-order valence-corrected chi connectivity index (χ3v) is 2.61. The van der Waals surface area contributed by atoms with Gasteiger partial charge in [-0.05, 0) is 12.1 Å². The Morgan fingerprint density at radius 1 is 1.47 bits per heavy atom. The molecule has 1 aliphatic heterocycles. The van der Waals surface area contributed by atoms with Gasteiger partial charge in [0.1, 0.15) is 5.82 Å². The molecule has 0 radical (unpaired) electrons. The molecule has 0 saturated carbocycles. The van der Waals surface area contributed by atoms with Crippen LogP contribution in [0.25, 0.3) is 0 Å². The van der Waals surface area contributed by atoms with E-state index in [1.54, 1.807) is 18.3 Å². The van der Waals surface area contributed by atoms with E-state index in [1.807, 2.05) is 0 Å². The topological polar surface area (TPSA) is 54.5 Å². The first-order valence-corrected chi connectivity index (χ1v) is 5.31. The molecule has 0 amide bonds. The van der Waals surface area contributed by atoms with E-state index in [2.05, 4.69) is 19.9 Å². The maximum Gasteiger partial charge on any atom is 0.338 e. The van der Waals surface area contributed by atoms with Gasteiger partial charge in [-0.25, -0.2) is 9.78 Å². The van der Waals surface area contributed by atoms with Crippen LogP contribution in [-0.2, 0) is 4.74 Å². The highest BCUT2D eigenvalue weighted by molar-refractivity contribution is 5.90. The van der Waals surface area contributed by atoms with Crippen LogP contribution < -0.4 is 10.2 Å². The van der Waals surface area contributed by atoms with Crippen molar-refractivity contribution in [1.82, 2.24) is 10.3 Å². The number of methoxy groups -OCH3 is 1. The molecular weight excluding hydrogens is 242 g/mol. The first-order valence-electron chi connectivity index (χ1n) is 5.31. The summed E-state index contributed by atoms with van der Waals surface area (Å²) in [5.74, 6) is 0.517. The van der Waals surface area contributed by atoms with Gasteiger partial charge >= 0.3 is 5.97 Å². The van der Waals surface area contributed by atoms with Gasteiger partial charge in [0.05, 0.1) is 12.7 Å². The van der Waals surface area contributed by atoms with Crippen LogP contribution in [0, 0.1) is 0 Å². The molecular formula is C11H16ClN3O2. The Bertz CT molecular complexity index is 381. The van der Waals surface area contributed by atoms with Gasteiger partial charge in [-0.1, -0.05) is 0 Å². The van der Waals surface area contributed by atoms with Crippen molar-refractivity contribution in [3.05, 3.63) is 23.9 Å². The zero-order valence-electron chi connectivity index (χ0n) is 9.68. The van der Waals surface area contributed by atoms with Crippen LogP contribution in [0.1, 0.15) is 10.4 Å². The molecule has 1 fully saturated rings. The Kier molecular flexibility index (Phi) is 5.18. The monoisotopic (exact) mass is 257 g/mol. The van der Waals surface area contributed by atoms with Gasteiger partial charge in [-0.3, -0.25) is 0 Å². The third kappa shape index (κ3) is 3.31. The van der Waals surface area contributed by atoms with E-state index in [0.717, 1.165) is 32.0 Å². The molecule has 6 heteroatoms. The summed E-state index contributed by atoms with van der Waals surface area (Å²) < 4.78 is 4.68. The summed E-state index contributed by atoms with van der Waals surface area (Å²) in [6.45, 7) is 3.73. The van der Waals surface area contributed by atoms with Crippen LogP contribution in [0.2, 0.25) is 0 Å². The lowest BCUT2D eigenvalue weighted by molar-refractivity contribution is 0.0600. The predicted molar refractivity (Wildman–Crippen MR) is 67.9 cm³/mol. The molecule has 0 atom stereocenters. The second-order valence-electron chi connectivity index (χ2n) is 3.63. The third-order valence-electron chi connectivity index (χ3n) is 2.61. The standard InChI is InChI=1S/C11H15N3O2.ClH/c1-16-11(15)9-2-3-13-10(8-9)14-6-4-12-5-7-14;/h2-3,8,12H,4-7H2,1H3;1H. The Morgan fingerprint density at radius 3 is 2.82 bits per heavy atom. The maximum absolute atomic E-state index is 11.4. The predicted octanol–water partition coefficient (Wildman–Crippen LogP) is 0.700. The molecule has 0 aromatic carbocycles. The minimum atomic E-state index is -0.321. The summed E-state index contributed by atoms with van der Waals surface area (Å²) >= 11 is 0. The fraction of sp³-hybridized carbons (Fsp3) is 0.455. The van der Waals surface area contributed by atoms with Gasteiger partial charge in [-0.15, -0.1) is 12.4 Å². The molecule has 1 saturated heterocycles. The summed E-state index contributed by atoms with van der Waals surface area (Å²) in [6.07, 6.45) is 1.64. The van der Waals surface area contributed by atoms with Crippen LogP contribution in [0.5, 0.6) is 0 Å². The number of ether oxygens (including phenoxy) is 1. The number of esters is 1. The van der Waals surface area contributed by atoms with Crippen molar-refractivity contribution in [2.24, 2.45) is 0 Å². The highest BCUT2D eigenvalue weighted by atomic mass is 35.5. The van der Waals surface area contributed by atoms with E-state index >= 15 is 0 Å². The fourth-order valence-corrected chi connectivity index (χ4v) is 1.73. The van der Waals surface area contributed by atoms with Crippen LogP contribution in [0.3, 0.4) is 0 Å². The number of nitrogens with zero attached hydrogens (tertiary/aromatic N) is 2. The van der Waals surface area contributed by atoms with Crippen molar-refractivity contribution in [2.75, 3.05) is 38.2 Å². The number of aromatic nitrogens is 1. The van der Waals surface area contributed by atoms with Crippen LogP contribution in [0.15, 0.2) is 18.3 Å². The molecule has 1 aliphatic rings. The molecule has 0 bridgehead atoms. The molecule has 0 unspecified atom stereocenters. The molecule has 0 spiro atoms. The molecule has 1 N–H and O–H groups in total. The van der Waals surface area contributed by atoms with Gasteiger partial charge in [-0.2, -0.15) is 0 Å². The summed E-state index contributed by atoms with van der Waals surface area (Å²) in [4.78, 5) is 17.8. The molecule has 0 aliphatic carbocycles. The zero-order valence-corrected chi connectivity index (χ0v) is 10.5. The normalized spacial score (nSPS) is 15.0. The summed E-state index contributed by atoms with van der Waals surface area (Å²) in [6, 6.07) is 3.44. The number of piperazine rings is 1. The number of hydrogen-bond donors (Lipinski definition) is 1. The molecule has 1 aromatic rings. The number of anilines is 1. The van der Waals surface area contributed by atoms with E-state index in [9.17, 15) is 4.79 Å². The molecule has 94 valence electrons. The highest BCUT2D eigenvalue weighted by Gasteiger charge is 2.13. The van der Waals surface area contributed by atoms with Gasteiger partial charge in [0.25, 0.3) is 0 Å². The SMILES string of the molecule is COC(=O)c1ccnc(N2CCNCC2)c1.Cl. The molecule has 2 heterocycles. The number of halogens is 1. The first-order chi connectivity index (χ1) is 7.81. The van der Waals surface area contributed by atoms with Crippen molar-refractivity contribution >= 4 is 24.2 Å². The molecule has 2 rings (SSSR count). The summed E-state index contributed by atoms with van der Waals surface area (Å²) in [5, 5.41) is 3.27. The number of hydrogen-bond acceptors (Lipinski definition) is 5. The van der Waals surface area contributed by atoms with Crippen molar-refractivity contribution < 1.29 is 9.53 Å². The lowest BCUT2D eigenvalue weighted by atomic mass is 10.2. The lowest BCUT2D eigenvalue weighted by Gasteiger charge is -2.28. The van der Waals surface area contributed by atoms with Crippen molar-refractivity contribution in [2.45, 2.75) is 0 Å². The van der Waals surface area contributed by atoms with Gasteiger partial charge in [0.15, 0.2) is 0 Å². The average molecular weight is 258 g/mol. The van der Waals surface area contributed by atoms with Gasteiger partial charge in [0.2, 0.25) is 0 Å². The van der Waals surface area contributed by atoms with E-state index in [4.69, 9.17) is 0 Å². The second-order valence-corrected chi connectivity index (χ2v) is 3.63. The lowest BCUT2D eigenvalue weighted by Crippen LogP contribution is -2.43. The van der Waals surface area contributed by atoms with Crippen LogP contribution in [-0.4, -0.2) is 44.2 Å². The van der Waals surface area contributed by atoms with Gasteiger partial charge < -0.3 is 15.0 Å². The number of carbonyl (C=O) groups excluding carboxylic acids is 1. The number of pyridine rings is 1. The van der Waals surface area contributed by atoms with E-state index in [1.165, 1.54) is 7.11 Å². The summed E-state index contributed by atoms with van der Waals surface area (Å²) in [7, 11) is 1.38. The highest BCUT2D eigenvalue weighted by Crippen LogP contribution is 2.13. The van der Waals surface area contributed by atoms with Crippen LogP contribution in [0.4, 0.5) is 5.82 Å². The second kappa shape index (κ2) is 6.42. The number of nitrogens with one attached hydrogen (secondary N) is 1. The van der Waals surface area contributed by atoms with E-state index < -0.39 is 0 Å². The number of rotatable bonds is 2. The Hall–Kier alpha value is -1.33. The Labute approximate surface area is 107 Å². The smallest absolute Gasteiger partial charge is 0.338 e. The van der Waals surface area contributed by atoms with Crippen molar-refractivity contribution in [3.63, 3.8) is 0 Å². The minimum absolute atomic E-state index is 0. The largest absolute Gasteiger partial charge is 0.465 e. The van der Waals surface area contributed by atoms with Crippen molar-refractivity contribution in [3.8, 4) is 0 Å². The van der Waals surface area contributed by atoms with Crippen LogP contribution >= 0.6 is 12.4 Å². The Balaban J connectivity index is 0.00000144. The number of carbonyl (C=O) groups is 1. The van der Waals surface area contributed by atoms with E-state index in [0.29, 0.717) is 5.56 Å². The van der Waals surface area contributed by atoms with Crippen molar-refractivity contribution in [1.29, 1.82) is 0 Å². The molecule has 5 nitrogen and oxygen atoms in total. The first kappa shape index (κ1) is 13.7. The van der Waals surface area contributed by atoms with Gasteiger partial charge in [0, 0.05) is 32.4 Å². The minimum Gasteiger partial charge on any atom is -0.465 e. The molecule has 1 aromatic heterocycles. The summed E-state index contributed by atoms with van der Waals surface area (Å²) in [5.41, 5.74) is 0.547. The molecule has 17 heavy (non-hydrogen) atoms. The Morgan fingerprint density at radius 2 is 2.18 bits per heavy atom. The zero-order chi connectivity index (χ0) is 11.4. The average Bonchev–Trinajstić information content (AvgIpc) is 2.39.